The van der Waals surface area contributed by atoms with Crippen molar-refractivity contribution >= 4 is 28.6 Å². The van der Waals surface area contributed by atoms with E-state index in [4.69, 9.17) is 14.3 Å². The third-order valence-corrected chi connectivity index (χ3v) is 4.23. The first-order valence-corrected chi connectivity index (χ1v) is 9.24. The van der Waals surface area contributed by atoms with Gasteiger partial charge in [0.1, 0.15) is 30.9 Å². The van der Waals surface area contributed by atoms with Crippen molar-refractivity contribution in [2.45, 2.75) is 6.54 Å². The van der Waals surface area contributed by atoms with Gasteiger partial charge in [-0.3, -0.25) is 0 Å². The monoisotopic (exact) mass is 394 g/mol. The average molecular weight is 394 g/mol. The van der Waals surface area contributed by atoms with Crippen molar-refractivity contribution in [3.8, 4) is 11.5 Å². The first-order valence-electron chi connectivity index (χ1n) is 9.24. The van der Waals surface area contributed by atoms with E-state index in [1.54, 1.807) is 13.4 Å². The molecule has 7 nitrogen and oxygen atoms in total. The van der Waals surface area contributed by atoms with Gasteiger partial charge in [0.15, 0.2) is 0 Å². The lowest BCUT2D eigenvalue weighted by Crippen LogP contribution is -2.18. The fourth-order valence-electron chi connectivity index (χ4n) is 2.85. The molecule has 0 saturated carbocycles. The molecule has 1 aromatic heterocycles. The third kappa shape index (κ3) is 5.51. The van der Waals surface area contributed by atoms with Crippen molar-refractivity contribution in [1.29, 1.82) is 0 Å². The summed E-state index contributed by atoms with van der Waals surface area (Å²) in [5.41, 5.74) is 2.79. The molecule has 0 fully saturated rings. The Kier molecular flexibility index (Phi) is 6.73. The second kappa shape index (κ2) is 9.64. The second-order valence-electron chi connectivity index (χ2n) is 6.70. The minimum Gasteiger partial charge on any atom is -0.497 e. The maximum atomic E-state index is 5.85. The highest BCUT2D eigenvalue weighted by atomic mass is 16.6. The van der Waals surface area contributed by atoms with Crippen molar-refractivity contribution in [2.24, 2.45) is 10.1 Å². The van der Waals surface area contributed by atoms with E-state index in [0.717, 1.165) is 33.8 Å². The van der Waals surface area contributed by atoms with Crippen LogP contribution in [0.4, 0.5) is 5.69 Å². The Hall–Kier alpha value is -3.48. The lowest BCUT2D eigenvalue weighted by molar-refractivity contribution is 0.208. The van der Waals surface area contributed by atoms with E-state index >= 15 is 0 Å². The molecule has 0 amide bonds. The Morgan fingerprint density at radius 3 is 2.48 bits per heavy atom. The molecule has 1 heterocycles. The molecule has 0 N–H and O–H groups in total. The first kappa shape index (κ1) is 20.3. The van der Waals surface area contributed by atoms with Crippen LogP contribution in [0, 0.1) is 0 Å². The third-order valence-electron chi connectivity index (χ3n) is 4.23. The van der Waals surface area contributed by atoms with Crippen LogP contribution in [0.5, 0.6) is 11.5 Å². The fourth-order valence-corrected chi connectivity index (χ4v) is 2.85. The zero-order valence-corrected chi connectivity index (χ0v) is 17.2. The number of oxime groups is 1. The maximum Gasteiger partial charge on any atom is 0.132 e. The summed E-state index contributed by atoms with van der Waals surface area (Å²) >= 11 is 0. The number of ether oxygens (including phenoxy) is 2. The van der Waals surface area contributed by atoms with Gasteiger partial charge in [-0.1, -0.05) is 5.16 Å². The summed E-state index contributed by atoms with van der Waals surface area (Å²) in [7, 11) is 7.07. The van der Waals surface area contributed by atoms with Gasteiger partial charge in [0.2, 0.25) is 0 Å². The highest BCUT2D eigenvalue weighted by Gasteiger charge is 2.08. The van der Waals surface area contributed by atoms with Crippen LogP contribution in [0.25, 0.3) is 10.9 Å². The van der Waals surface area contributed by atoms with E-state index < -0.39 is 0 Å². The summed E-state index contributed by atoms with van der Waals surface area (Å²) in [6.07, 6.45) is 3.82. The molecule has 0 saturated heterocycles. The number of rotatable bonds is 9. The summed E-state index contributed by atoms with van der Waals surface area (Å²) in [5, 5.41) is 5.26. The predicted molar refractivity (Wildman–Crippen MR) is 117 cm³/mol. The van der Waals surface area contributed by atoms with Gasteiger partial charge in [0, 0.05) is 31.2 Å². The molecule has 0 spiro atoms. The van der Waals surface area contributed by atoms with Gasteiger partial charge in [-0.05, 0) is 48.5 Å². The van der Waals surface area contributed by atoms with Crippen LogP contribution in [0.1, 0.15) is 0 Å². The topological polar surface area (TPSA) is 60.6 Å². The molecule has 152 valence electrons. The van der Waals surface area contributed by atoms with Crippen molar-refractivity contribution in [3.63, 3.8) is 0 Å². The molecule has 3 rings (SSSR count). The molecule has 0 bridgehead atoms. The number of nitrogens with zero attached hydrogens (tertiary/aromatic N) is 4. The summed E-state index contributed by atoms with van der Waals surface area (Å²) in [4.78, 5) is 11.4. The molecule has 7 heteroatoms. The van der Waals surface area contributed by atoms with Crippen LogP contribution < -0.4 is 9.47 Å². The Morgan fingerprint density at radius 2 is 1.79 bits per heavy atom. The van der Waals surface area contributed by atoms with Gasteiger partial charge in [-0.15, -0.1) is 0 Å². The highest BCUT2D eigenvalue weighted by Crippen LogP contribution is 2.23. The quantitative estimate of drug-likeness (QED) is 0.313. The predicted octanol–water partition coefficient (Wildman–Crippen LogP) is 3.95. The van der Waals surface area contributed by atoms with Crippen molar-refractivity contribution < 1.29 is 14.3 Å². The summed E-state index contributed by atoms with van der Waals surface area (Å²) in [5.74, 6) is 1.53. The molecule has 0 aliphatic heterocycles. The van der Waals surface area contributed by atoms with Gasteiger partial charge in [0.05, 0.1) is 25.7 Å². The van der Waals surface area contributed by atoms with Crippen molar-refractivity contribution in [3.05, 3.63) is 54.7 Å². The number of hydrogen-bond acceptors (Lipinski definition) is 5. The number of aromatic nitrogens is 1. The number of methoxy groups -OCH3 is 1. The second-order valence-corrected chi connectivity index (χ2v) is 6.70. The van der Waals surface area contributed by atoms with Gasteiger partial charge >= 0.3 is 0 Å². The zero-order chi connectivity index (χ0) is 20.6. The van der Waals surface area contributed by atoms with E-state index in [1.165, 1.54) is 7.11 Å². The molecule has 0 aliphatic carbocycles. The summed E-state index contributed by atoms with van der Waals surface area (Å²) < 4.78 is 13.1. The number of hydrogen-bond donors (Lipinski definition) is 0. The van der Waals surface area contributed by atoms with Gasteiger partial charge in [-0.2, -0.15) is 0 Å². The molecule has 2 aromatic carbocycles. The summed E-state index contributed by atoms with van der Waals surface area (Å²) in [6, 6.07) is 15.6. The van der Waals surface area contributed by atoms with E-state index in [-0.39, 0.29) is 0 Å². The van der Waals surface area contributed by atoms with Crippen LogP contribution in [-0.4, -0.2) is 56.4 Å². The van der Waals surface area contributed by atoms with Crippen LogP contribution in [0.3, 0.4) is 0 Å². The largest absolute Gasteiger partial charge is 0.497 e. The Labute approximate surface area is 170 Å². The zero-order valence-electron chi connectivity index (χ0n) is 17.2. The maximum absolute atomic E-state index is 5.85. The van der Waals surface area contributed by atoms with E-state index in [9.17, 15) is 0 Å². The lowest BCUT2D eigenvalue weighted by Gasteiger charge is -2.11. The normalized spacial score (nSPS) is 11.8. The number of fused-ring (bicyclic) bond motifs is 1. The van der Waals surface area contributed by atoms with Gasteiger partial charge in [-0.25, -0.2) is 4.99 Å². The average Bonchev–Trinajstić information content (AvgIpc) is 3.13. The Morgan fingerprint density at radius 1 is 1.03 bits per heavy atom. The van der Waals surface area contributed by atoms with Crippen LogP contribution >= 0.6 is 0 Å². The van der Waals surface area contributed by atoms with Crippen molar-refractivity contribution in [1.82, 2.24) is 9.47 Å². The van der Waals surface area contributed by atoms with Gasteiger partial charge < -0.3 is 23.8 Å². The summed E-state index contributed by atoms with van der Waals surface area (Å²) in [6.45, 7) is 0.888. The molecule has 0 atom stereocenters. The Balaban J connectivity index is 1.71. The fraction of sp³-hybridized carbons (Fsp3) is 0.273. The molecule has 0 aliphatic rings. The molecule has 3 aromatic rings. The molecule has 0 unspecified atom stereocenters. The molecular formula is C22H26N4O3. The van der Waals surface area contributed by atoms with Crippen molar-refractivity contribution in [2.75, 3.05) is 34.9 Å². The van der Waals surface area contributed by atoms with E-state index in [2.05, 4.69) is 32.9 Å². The minimum absolute atomic E-state index is 0.324. The molecular weight excluding hydrogens is 368 g/mol. The number of benzene rings is 2. The molecule has 0 radical (unpaired) electrons. The number of aliphatic imine (C=N–C) groups is 1. The standard InChI is InChI=1S/C22H26N4O3/c1-25(2)16-23-18-5-10-22-17(13-18)11-12-26(22)14-19(24-28-4)15-29-21-8-6-20(27-3)7-9-21/h5-13,16H,14-15H2,1-4H3. The van der Waals surface area contributed by atoms with Gasteiger partial charge in [0.25, 0.3) is 0 Å². The molecule has 29 heavy (non-hydrogen) atoms. The highest BCUT2D eigenvalue weighted by molar-refractivity contribution is 5.89. The minimum atomic E-state index is 0.324. The van der Waals surface area contributed by atoms with Crippen LogP contribution in [0.15, 0.2) is 64.9 Å². The SMILES string of the molecule is CON=C(COc1ccc(OC)cc1)Cn1ccc2cc(N=CN(C)C)ccc21. The smallest absolute Gasteiger partial charge is 0.132 e. The van der Waals surface area contributed by atoms with E-state index in [1.807, 2.05) is 55.5 Å². The van der Waals surface area contributed by atoms with Crippen LogP contribution in [-0.2, 0) is 11.4 Å². The first-order chi connectivity index (χ1) is 14.1. The lowest BCUT2D eigenvalue weighted by atomic mass is 10.2. The van der Waals surface area contributed by atoms with Crippen LogP contribution in [0.2, 0.25) is 0 Å². The van der Waals surface area contributed by atoms with E-state index in [0.29, 0.717) is 13.2 Å². The Bertz CT molecular complexity index is 991.